The lowest BCUT2D eigenvalue weighted by Gasteiger charge is -2.13. The van der Waals surface area contributed by atoms with E-state index < -0.39 is 12.1 Å². The van der Waals surface area contributed by atoms with Crippen LogP contribution in [0.5, 0.6) is 0 Å². The molecule has 9 heteroatoms. The van der Waals surface area contributed by atoms with Crippen molar-refractivity contribution in [1.82, 2.24) is 20.0 Å². The first-order valence-corrected chi connectivity index (χ1v) is 10.7. The topological polar surface area (TPSA) is 100 Å². The Morgan fingerprint density at radius 3 is 2.50 bits per heavy atom. The van der Waals surface area contributed by atoms with Crippen molar-refractivity contribution in [3.63, 3.8) is 0 Å². The lowest BCUT2D eigenvalue weighted by Crippen LogP contribution is -2.25. The monoisotopic (exact) mass is 444 g/mol. The predicted octanol–water partition coefficient (Wildman–Crippen LogP) is 4.42. The number of thiophene rings is 1. The summed E-state index contributed by atoms with van der Waals surface area (Å²) in [6, 6.07) is 19.4. The van der Waals surface area contributed by atoms with Gasteiger partial charge in [-0.15, -0.1) is 21.5 Å². The first kappa shape index (κ1) is 19.8. The molecule has 5 aromatic rings. The van der Waals surface area contributed by atoms with Crippen molar-refractivity contribution in [2.24, 2.45) is 0 Å². The molecule has 0 aliphatic rings. The average molecular weight is 444 g/mol. The molecule has 0 N–H and O–H groups in total. The van der Waals surface area contributed by atoms with Gasteiger partial charge in [-0.1, -0.05) is 42.5 Å². The fraction of sp³-hybridized carbons (Fsp3) is 0.0870. The highest BCUT2D eigenvalue weighted by Gasteiger charge is 2.24. The molecule has 32 heavy (non-hydrogen) atoms. The molecule has 0 bridgehead atoms. The van der Waals surface area contributed by atoms with Crippen molar-refractivity contribution in [2.45, 2.75) is 13.0 Å². The van der Waals surface area contributed by atoms with Crippen LogP contribution in [0.2, 0.25) is 0 Å². The zero-order valence-corrected chi connectivity index (χ0v) is 17.7. The van der Waals surface area contributed by atoms with Gasteiger partial charge in [0.25, 0.3) is 17.3 Å². The Balaban J connectivity index is 1.51. The first-order valence-electron chi connectivity index (χ1n) is 9.77. The van der Waals surface area contributed by atoms with Gasteiger partial charge in [0.05, 0.1) is 16.0 Å². The summed E-state index contributed by atoms with van der Waals surface area (Å²) in [6.45, 7) is 1.64. The summed E-state index contributed by atoms with van der Waals surface area (Å²) in [5.41, 5.74) is 0.241. The van der Waals surface area contributed by atoms with Crippen molar-refractivity contribution < 1.29 is 13.9 Å². The van der Waals surface area contributed by atoms with Crippen molar-refractivity contribution in [2.75, 3.05) is 0 Å². The summed E-state index contributed by atoms with van der Waals surface area (Å²) in [6.07, 6.45) is -0.804. The second kappa shape index (κ2) is 8.20. The number of fused-ring (bicyclic) bond motifs is 1. The summed E-state index contributed by atoms with van der Waals surface area (Å²) < 4.78 is 12.4. The predicted molar refractivity (Wildman–Crippen MR) is 119 cm³/mol. The highest BCUT2D eigenvalue weighted by atomic mass is 32.1. The summed E-state index contributed by atoms with van der Waals surface area (Å²) in [7, 11) is 0. The summed E-state index contributed by atoms with van der Waals surface area (Å²) >= 11 is 1.47. The molecule has 0 saturated heterocycles. The van der Waals surface area contributed by atoms with E-state index in [1.54, 1.807) is 55.5 Å². The van der Waals surface area contributed by atoms with Gasteiger partial charge in [-0.3, -0.25) is 4.79 Å². The van der Waals surface area contributed by atoms with E-state index >= 15 is 0 Å². The number of hydrogen-bond donors (Lipinski definition) is 0. The van der Waals surface area contributed by atoms with E-state index in [2.05, 4.69) is 15.3 Å². The summed E-state index contributed by atoms with van der Waals surface area (Å²) in [5, 5.41) is 15.0. The zero-order chi connectivity index (χ0) is 22.1. The number of para-hydroxylation sites is 1. The zero-order valence-electron chi connectivity index (χ0n) is 16.8. The van der Waals surface area contributed by atoms with Gasteiger partial charge in [-0.05, 0) is 36.6 Å². The van der Waals surface area contributed by atoms with E-state index in [1.807, 2.05) is 23.6 Å². The Labute approximate surface area is 185 Å². The van der Waals surface area contributed by atoms with Crippen molar-refractivity contribution >= 4 is 28.1 Å². The van der Waals surface area contributed by atoms with Gasteiger partial charge < -0.3 is 9.15 Å². The standard InChI is InChI=1S/C23H16N4O4S/c1-14(20-24-25-21(31-20)18-12-7-13-32-18)30-23(29)19-16-10-5-6-11-17(16)22(28)27(26-19)15-8-3-2-4-9-15/h2-14H,1H3. The van der Waals surface area contributed by atoms with Crippen LogP contribution in [-0.2, 0) is 4.74 Å². The van der Waals surface area contributed by atoms with Crippen molar-refractivity contribution in [1.29, 1.82) is 0 Å². The number of esters is 1. The van der Waals surface area contributed by atoms with Gasteiger partial charge in [0.2, 0.25) is 0 Å². The molecule has 1 unspecified atom stereocenters. The fourth-order valence-electron chi connectivity index (χ4n) is 3.25. The minimum absolute atomic E-state index is 0.0221. The molecule has 1 atom stereocenters. The lowest BCUT2D eigenvalue weighted by atomic mass is 10.1. The Morgan fingerprint density at radius 2 is 1.75 bits per heavy atom. The molecule has 0 radical (unpaired) electrons. The third-order valence-electron chi connectivity index (χ3n) is 4.80. The molecule has 3 aromatic heterocycles. The van der Waals surface area contributed by atoms with Crippen LogP contribution in [0.15, 0.2) is 81.3 Å². The quantitative estimate of drug-likeness (QED) is 0.370. The summed E-state index contributed by atoms with van der Waals surface area (Å²) in [5.74, 6) is -0.171. The maximum Gasteiger partial charge on any atom is 0.360 e. The van der Waals surface area contributed by atoms with Crippen molar-refractivity contribution in [3.8, 4) is 16.5 Å². The van der Waals surface area contributed by atoms with Gasteiger partial charge in [0.15, 0.2) is 11.8 Å². The van der Waals surface area contributed by atoms with Crippen LogP contribution in [0.1, 0.15) is 29.4 Å². The number of aromatic nitrogens is 4. The maximum atomic E-state index is 13.1. The van der Waals surface area contributed by atoms with Gasteiger partial charge in [0, 0.05) is 5.39 Å². The number of ether oxygens (including phenoxy) is 1. The smallest absolute Gasteiger partial charge is 0.360 e. The van der Waals surface area contributed by atoms with E-state index in [0.717, 1.165) is 4.88 Å². The molecular weight excluding hydrogens is 428 g/mol. The Kier molecular flexibility index (Phi) is 5.08. The first-order chi connectivity index (χ1) is 15.6. The molecular formula is C23H16N4O4S. The molecule has 0 spiro atoms. The largest absolute Gasteiger partial charge is 0.448 e. The second-order valence-corrected chi connectivity index (χ2v) is 7.86. The number of nitrogens with zero attached hydrogens (tertiary/aromatic N) is 4. The van der Waals surface area contributed by atoms with Gasteiger partial charge in [0.1, 0.15) is 0 Å². The normalized spacial score (nSPS) is 12.0. The van der Waals surface area contributed by atoms with E-state index in [-0.39, 0.29) is 17.1 Å². The molecule has 2 aromatic carbocycles. The fourth-order valence-corrected chi connectivity index (χ4v) is 3.89. The summed E-state index contributed by atoms with van der Waals surface area (Å²) in [4.78, 5) is 26.9. The number of rotatable bonds is 5. The molecule has 0 aliphatic heterocycles. The van der Waals surface area contributed by atoms with Crippen LogP contribution >= 0.6 is 11.3 Å². The SMILES string of the molecule is CC(OC(=O)c1nn(-c2ccccc2)c(=O)c2ccccc12)c1nnc(-c2cccs2)o1. The van der Waals surface area contributed by atoms with Crippen LogP contribution in [0.3, 0.4) is 0 Å². The molecule has 5 rings (SSSR count). The number of carbonyl (C=O) groups is 1. The Morgan fingerprint density at radius 1 is 1.00 bits per heavy atom. The highest BCUT2D eigenvalue weighted by Crippen LogP contribution is 2.26. The van der Waals surface area contributed by atoms with Crippen LogP contribution in [0, 0.1) is 0 Å². The second-order valence-electron chi connectivity index (χ2n) is 6.92. The Hall–Kier alpha value is -4.11. The maximum absolute atomic E-state index is 13.1. The van der Waals surface area contributed by atoms with Crippen LogP contribution in [-0.4, -0.2) is 25.9 Å². The minimum atomic E-state index is -0.804. The third-order valence-corrected chi connectivity index (χ3v) is 5.66. The molecule has 0 fully saturated rings. The van der Waals surface area contributed by atoms with Crippen LogP contribution in [0.25, 0.3) is 27.2 Å². The minimum Gasteiger partial charge on any atom is -0.448 e. The number of benzene rings is 2. The van der Waals surface area contributed by atoms with Crippen LogP contribution in [0.4, 0.5) is 0 Å². The average Bonchev–Trinajstić information content (AvgIpc) is 3.52. The molecule has 0 amide bonds. The van der Waals surface area contributed by atoms with Crippen LogP contribution < -0.4 is 5.56 Å². The molecule has 158 valence electrons. The van der Waals surface area contributed by atoms with Gasteiger partial charge >= 0.3 is 5.97 Å². The molecule has 0 saturated carbocycles. The van der Waals surface area contributed by atoms with Crippen molar-refractivity contribution in [3.05, 3.63) is 94.0 Å². The Bertz CT molecular complexity index is 1460. The van der Waals surface area contributed by atoms with E-state index in [4.69, 9.17) is 9.15 Å². The van der Waals surface area contributed by atoms with E-state index in [9.17, 15) is 9.59 Å². The molecule has 0 aliphatic carbocycles. The van der Waals surface area contributed by atoms with E-state index in [0.29, 0.717) is 22.4 Å². The van der Waals surface area contributed by atoms with Gasteiger partial charge in [-0.25, -0.2) is 4.79 Å². The van der Waals surface area contributed by atoms with Gasteiger partial charge in [-0.2, -0.15) is 9.78 Å². The number of carbonyl (C=O) groups excluding carboxylic acids is 1. The molecule has 3 heterocycles. The number of hydrogen-bond acceptors (Lipinski definition) is 8. The third kappa shape index (κ3) is 3.58. The lowest BCUT2D eigenvalue weighted by molar-refractivity contribution is 0.0273. The van der Waals surface area contributed by atoms with E-state index in [1.165, 1.54) is 16.0 Å². The highest BCUT2D eigenvalue weighted by molar-refractivity contribution is 7.13. The molecule has 8 nitrogen and oxygen atoms in total.